The zero-order valence-electron chi connectivity index (χ0n) is 17.3. The average Bonchev–Trinajstić information content (AvgIpc) is 3.23. The second-order valence-corrected chi connectivity index (χ2v) is 7.56. The van der Waals surface area contributed by atoms with Gasteiger partial charge in [0.25, 0.3) is 0 Å². The third kappa shape index (κ3) is 3.45. The van der Waals surface area contributed by atoms with Gasteiger partial charge in [0.2, 0.25) is 5.95 Å². The number of morpholine rings is 1. The molecular formula is C23H25N5O2. The van der Waals surface area contributed by atoms with E-state index in [-0.39, 0.29) is 0 Å². The van der Waals surface area contributed by atoms with Gasteiger partial charge >= 0.3 is 0 Å². The number of hydrogen-bond acceptors (Lipinski definition) is 7. The van der Waals surface area contributed by atoms with Gasteiger partial charge in [0.05, 0.1) is 26.0 Å². The van der Waals surface area contributed by atoms with Gasteiger partial charge in [-0.05, 0) is 37.6 Å². The maximum Gasteiger partial charge on any atom is 0.228 e. The Hall–Kier alpha value is -3.19. The van der Waals surface area contributed by atoms with E-state index in [0.29, 0.717) is 13.2 Å². The SMILES string of the molecule is COc1cccc(-c2nc(N3CCOCC3)nc3c2CCN3c2ccnc(C)c2)c1. The minimum absolute atomic E-state index is 0.697. The van der Waals surface area contributed by atoms with E-state index < -0.39 is 0 Å². The smallest absolute Gasteiger partial charge is 0.228 e. The number of methoxy groups -OCH3 is 1. The molecule has 0 unspecified atom stereocenters. The van der Waals surface area contributed by atoms with E-state index >= 15 is 0 Å². The van der Waals surface area contributed by atoms with Gasteiger partial charge in [-0.2, -0.15) is 4.98 Å². The lowest BCUT2D eigenvalue weighted by Crippen LogP contribution is -2.37. The first-order chi connectivity index (χ1) is 14.7. The molecule has 154 valence electrons. The van der Waals surface area contributed by atoms with E-state index in [4.69, 9.17) is 19.4 Å². The highest BCUT2D eigenvalue weighted by Crippen LogP contribution is 2.39. The van der Waals surface area contributed by atoms with Crippen LogP contribution < -0.4 is 14.5 Å². The molecular weight excluding hydrogens is 378 g/mol. The number of aromatic nitrogens is 3. The molecule has 0 radical (unpaired) electrons. The molecule has 0 saturated carbocycles. The lowest BCUT2D eigenvalue weighted by atomic mass is 10.1. The summed E-state index contributed by atoms with van der Waals surface area (Å²) in [4.78, 5) is 18.9. The minimum Gasteiger partial charge on any atom is -0.497 e. The number of rotatable bonds is 4. The van der Waals surface area contributed by atoms with E-state index in [9.17, 15) is 0 Å². The lowest BCUT2D eigenvalue weighted by molar-refractivity contribution is 0.122. The molecule has 4 heterocycles. The van der Waals surface area contributed by atoms with Crippen LogP contribution in [0.3, 0.4) is 0 Å². The molecule has 0 N–H and O–H groups in total. The van der Waals surface area contributed by atoms with Crippen LogP contribution in [0.25, 0.3) is 11.3 Å². The van der Waals surface area contributed by atoms with E-state index in [1.165, 1.54) is 5.56 Å². The van der Waals surface area contributed by atoms with Crippen molar-refractivity contribution in [3.05, 3.63) is 53.9 Å². The van der Waals surface area contributed by atoms with Gasteiger partial charge in [0.15, 0.2) is 0 Å². The van der Waals surface area contributed by atoms with Crippen molar-refractivity contribution in [2.45, 2.75) is 13.3 Å². The Balaban J connectivity index is 1.65. The maximum atomic E-state index is 5.53. The molecule has 2 aliphatic rings. The zero-order chi connectivity index (χ0) is 20.5. The number of aryl methyl sites for hydroxylation is 1. The molecule has 2 aliphatic heterocycles. The number of pyridine rings is 1. The third-order valence-electron chi connectivity index (χ3n) is 5.64. The van der Waals surface area contributed by atoms with Crippen LogP contribution in [0.1, 0.15) is 11.3 Å². The molecule has 0 spiro atoms. The highest BCUT2D eigenvalue weighted by atomic mass is 16.5. The van der Waals surface area contributed by atoms with Crippen LogP contribution >= 0.6 is 0 Å². The number of anilines is 3. The van der Waals surface area contributed by atoms with Gasteiger partial charge in [-0.1, -0.05) is 12.1 Å². The lowest BCUT2D eigenvalue weighted by Gasteiger charge is -2.28. The van der Waals surface area contributed by atoms with Gasteiger partial charge < -0.3 is 19.3 Å². The number of nitrogens with zero attached hydrogens (tertiary/aromatic N) is 5. The summed E-state index contributed by atoms with van der Waals surface area (Å²) in [6.45, 7) is 5.87. The molecule has 1 aromatic carbocycles. The molecule has 7 heteroatoms. The summed E-state index contributed by atoms with van der Waals surface area (Å²) in [5.74, 6) is 2.56. The number of hydrogen-bond donors (Lipinski definition) is 0. The topological polar surface area (TPSA) is 63.6 Å². The number of fused-ring (bicyclic) bond motifs is 1. The van der Waals surface area contributed by atoms with Crippen LogP contribution in [0.2, 0.25) is 0 Å². The quantitative estimate of drug-likeness (QED) is 0.662. The van der Waals surface area contributed by atoms with E-state index in [1.54, 1.807) is 7.11 Å². The van der Waals surface area contributed by atoms with Crippen molar-refractivity contribution in [2.75, 3.05) is 49.8 Å². The maximum absolute atomic E-state index is 5.53. The third-order valence-corrected chi connectivity index (χ3v) is 5.64. The van der Waals surface area contributed by atoms with Crippen LogP contribution in [-0.2, 0) is 11.2 Å². The van der Waals surface area contributed by atoms with Gasteiger partial charge in [0, 0.05) is 48.3 Å². The standard InChI is InChI=1S/C23H25N5O2/c1-16-14-18(6-8-24-16)28-9-7-20-21(17-4-3-5-19(15-17)29-2)25-23(26-22(20)28)27-10-12-30-13-11-27/h3-6,8,14-15H,7,9-13H2,1-2H3. The number of benzene rings is 1. The van der Waals surface area contributed by atoms with Crippen LogP contribution in [0.15, 0.2) is 42.6 Å². The summed E-state index contributed by atoms with van der Waals surface area (Å²) < 4.78 is 11.0. The fourth-order valence-corrected chi connectivity index (χ4v) is 4.11. The van der Waals surface area contributed by atoms with Crippen molar-refractivity contribution in [2.24, 2.45) is 0 Å². The predicted molar refractivity (Wildman–Crippen MR) is 117 cm³/mol. The normalized spacial score (nSPS) is 15.9. The van der Waals surface area contributed by atoms with Crippen LogP contribution in [-0.4, -0.2) is 54.9 Å². The molecule has 7 nitrogen and oxygen atoms in total. The Morgan fingerprint density at radius 2 is 1.90 bits per heavy atom. The van der Waals surface area contributed by atoms with Crippen molar-refractivity contribution < 1.29 is 9.47 Å². The van der Waals surface area contributed by atoms with E-state index in [1.807, 2.05) is 37.4 Å². The highest BCUT2D eigenvalue weighted by Gasteiger charge is 2.29. The molecule has 5 rings (SSSR count). The first-order valence-electron chi connectivity index (χ1n) is 10.3. The Kier molecular flexibility index (Phi) is 4.96. The van der Waals surface area contributed by atoms with Gasteiger partial charge in [-0.15, -0.1) is 0 Å². The van der Waals surface area contributed by atoms with E-state index in [0.717, 1.165) is 66.2 Å². The second-order valence-electron chi connectivity index (χ2n) is 7.56. The van der Waals surface area contributed by atoms with E-state index in [2.05, 4.69) is 26.9 Å². The van der Waals surface area contributed by atoms with Crippen molar-refractivity contribution >= 4 is 17.5 Å². The first-order valence-corrected chi connectivity index (χ1v) is 10.3. The molecule has 0 bridgehead atoms. The Morgan fingerprint density at radius 3 is 2.70 bits per heavy atom. The van der Waals surface area contributed by atoms with Crippen molar-refractivity contribution in [1.82, 2.24) is 15.0 Å². The fourth-order valence-electron chi connectivity index (χ4n) is 4.11. The molecule has 2 aromatic heterocycles. The second kappa shape index (κ2) is 7.91. The molecule has 1 fully saturated rings. The van der Waals surface area contributed by atoms with Gasteiger partial charge in [-0.25, -0.2) is 4.98 Å². The monoisotopic (exact) mass is 403 g/mol. The molecule has 0 atom stereocenters. The first kappa shape index (κ1) is 18.8. The van der Waals surface area contributed by atoms with Crippen molar-refractivity contribution in [3.63, 3.8) is 0 Å². The van der Waals surface area contributed by atoms with Crippen molar-refractivity contribution in [1.29, 1.82) is 0 Å². The summed E-state index contributed by atoms with van der Waals surface area (Å²) in [7, 11) is 1.69. The summed E-state index contributed by atoms with van der Waals surface area (Å²) >= 11 is 0. The highest BCUT2D eigenvalue weighted by molar-refractivity contribution is 5.77. The predicted octanol–water partition coefficient (Wildman–Crippen LogP) is 3.39. The van der Waals surface area contributed by atoms with Crippen LogP contribution in [0.5, 0.6) is 5.75 Å². The van der Waals surface area contributed by atoms with Crippen LogP contribution in [0, 0.1) is 6.92 Å². The molecule has 0 aliphatic carbocycles. The Labute approximate surface area is 176 Å². The summed E-state index contributed by atoms with van der Waals surface area (Å²) in [5, 5.41) is 0. The summed E-state index contributed by atoms with van der Waals surface area (Å²) in [6.07, 6.45) is 2.75. The fraction of sp³-hybridized carbons (Fsp3) is 0.348. The zero-order valence-corrected chi connectivity index (χ0v) is 17.3. The average molecular weight is 403 g/mol. The molecule has 3 aromatic rings. The van der Waals surface area contributed by atoms with Gasteiger partial charge in [-0.3, -0.25) is 4.98 Å². The molecule has 0 amide bonds. The number of ether oxygens (including phenoxy) is 2. The summed E-state index contributed by atoms with van der Waals surface area (Å²) in [6, 6.07) is 12.3. The molecule has 30 heavy (non-hydrogen) atoms. The van der Waals surface area contributed by atoms with Crippen LogP contribution in [0.4, 0.5) is 17.5 Å². The van der Waals surface area contributed by atoms with Crippen molar-refractivity contribution in [3.8, 4) is 17.0 Å². The largest absolute Gasteiger partial charge is 0.497 e. The summed E-state index contributed by atoms with van der Waals surface area (Å²) in [5.41, 5.74) is 5.32. The molecule has 1 saturated heterocycles. The Bertz CT molecular complexity index is 1070. The minimum atomic E-state index is 0.697. The Morgan fingerprint density at radius 1 is 1.03 bits per heavy atom. The van der Waals surface area contributed by atoms with Gasteiger partial charge in [0.1, 0.15) is 11.6 Å².